The highest BCUT2D eigenvalue weighted by Gasteiger charge is 2.14. The lowest BCUT2D eigenvalue weighted by molar-refractivity contribution is 0.583. The van der Waals surface area contributed by atoms with Crippen molar-refractivity contribution in [2.75, 3.05) is 0 Å². The van der Waals surface area contributed by atoms with Crippen LogP contribution >= 0.6 is 22.7 Å². The van der Waals surface area contributed by atoms with Gasteiger partial charge in [0.15, 0.2) is 0 Å². The van der Waals surface area contributed by atoms with Gasteiger partial charge < -0.3 is 4.42 Å². The standard InChI is InChI=1S/C16H11N3O2S2/c1-10-4-5-11(23-10)7-18-19-9-17-15-14(16(19)20)12(8-22-15)13-3-2-6-21-13/h2-9H,1H3/b18-7-. The SMILES string of the molecule is Cc1ccc(/C=N\n2cnc3scc(-c4ccco4)c3c2=O)s1. The van der Waals surface area contributed by atoms with E-state index in [1.807, 2.05) is 30.5 Å². The summed E-state index contributed by atoms with van der Waals surface area (Å²) in [5.74, 6) is 0.658. The normalized spacial score (nSPS) is 11.7. The van der Waals surface area contributed by atoms with Crippen molar-refractivity contribution in [3.8, 4) is 11.3 Å². The Morgan fingerprint density at radius 2 is 2.26 bits per heavy atom. The fourth-order valence-corrected chi connectivity index (χ4v) is 3.89. The molecule has 0 aliphatic rings. The van der Waals surface area contributed by atoms with Crippen LogP contribution in [0.3, 0.4) is 0 Å². The van der Waals surface area contributed by atoms with Gasteiger partial charge in [-0.25, -0.2) is 4.98 Å². The Balaban J connectivity index is 1.83. The molecule has 23 heavy (non-hydrogen) atoms. The molecule has 0 radical (unpaired) electrons. The summed E-state index contributed by atoms with van der Waals surface area (Å²) in [5.41, 5.74) is 0.552. The summed E-state index contributed by atoms with van der Waals surface area (Å²) in [7, 11) is 0. The highest BCUT2D eigenvalue weighted by atomic mass is 32.1. The highest BCUT2D eigenvalue weighted by Crippen LogP contribution is 2.30. The van der Waals surface area contributed by atoms with Crippen LogP contribution in [0, 0.1) is 6.92 Å². The van der Waals surface area contributed by atoms with E-state index in [0.717, 1.165) is 10.4 Å². The van der Waals surface area contributed by atoms with E-state index in [4.69, 9.17) is 4.42 Å². The van der Waals surface area contributed by atoms with Crippen molar-refractivity contribution in [2.24, 2.45) is 5.10 Å². The van der Waals surface area contributed by atoms with Crippen LogP contribution in [0.5, 0.6) is 0 Å². The van der Waals surface area contributed by atoms with Gasteiger partial charge in [0, 0.05) is 20.7 Å². The first kappa shape index (κ1) is 14.1. The summed E-state index contributed by atoms with van der Waals surface area (Å²) in [6.45, 7) is 2.03. The van der Waals surface area contributed by atoms with Crippen LogP contribution in [0.4, 0.5) is 0 Å². The van der Waals surface area contributed by atoms with Gasteiger partial charge in [0.25, 0.3) is 5.56 Å². The highest BCUT2D eigenvalue weighted by molar-refractivity contribution is 7.17. The molecule has 0 N–H and O–H groups in total. The van der Waals surface area contributed by atoms with Crippen molar-refractivity contribution in [1.29, 1.82) is 0 Å². The molecule has 0 aliphatic heterocycles. The monoisotopic (exact) mass is 341 g/mol. The number of hydrogen-bond donors (Lipinski definition) is 0. The molecule has 0 fully saturated rings. The quantitative estimate of drug-likeness (QED) is 0.530. The van der Waals surface area contributed by atoms with E-state index >= 15 is 0 Å². The molecule has 0 aromatic carbocycles. The summed E-state index contributed by atoms with van der Waals surface area (Å²) in [4.78, 5) is 19.9. The second-order valence-corrected chi connectivity index (χ2v) is 7.07. The van der Waals surface area contributed by atoms with Gasteiger partial charge in [-0.2, -0.15) is 9.78 Å². The smallest absolute Gasteiger partial charge is 0.283 e. The van der Waals surface area contributed by atoms with Gasteiger partial charge in [-0.3, -0.25) is 4.79 Å². The van der Waals surface area contributed by atoms with Gasteiger partial charge in [0.1, 0.15) is 16.9 Å². The Morgan fingerprint density at radius 3 is 3.00 bits per heavy atom. The number of aromatic nitrogens is 2. The van der Waals surface area contributed by atoms with Crippen molar-refractivity contribution in [1.82, 2.24) is 9.66 Å². The minimum absolute atomic E-state index is 0.202. The Kier molecular flexibility index (Phi) is 3.44. The largest absolute Gasteiger partial charge is 0.464 e. The third-order valence-corrected chi connectivity index (χ3v) is 5.16. The average Bonchev–Trinajstić information content (AvgIpc) is 3.26. The van der Waals surface area contributed by atoms with Crippen LogP contribution in [0.15, 0.2) is 56.5 Å². The fourth-order valence-electron chi connectivity index (χ4n) is 2.26. The zero-order valence-electron chi connectivity index (χ0n) is 12.1. The predicted octanol–water partition coefficient (Wildman–Crippen LogP) is 3.97. The minimum Gasteiger partial charge on any atom is -0.464 e. The first-order valence-electron chi connectivity index (χ1n) is 6.86. The molecule has 0 atom stereocenters. The number of nitrogens with zero attached hydrogens (tertiary/aromatic N) is 3. The number of furan rings is 1. The lowest BCUT2D eigenvalue weighted by Crippen LogP contribution is -2.16. The molecule has 5 nitrogen and oxygen atoms in total. The molecule has 4 rings (SSSR count). The number of thiophene rings is 2. The maximum absolute atomic E-state index is 12.7. The first-order valence-corrected chi connectivity index (χ1v) is 8.55. The van der Waals surface area contributed by atoms with Crippen molar-refractivity contribution in [2.45, 2.75) is 6.92 Å². The van der Waals surface area contributed by atoms with E-state index in [-0.39, 0.29) is 5.56 Å². The van der Waals surface area contributed by atoms with E-state index in [9.17, 15) is 4.79 Å². The molecule has 0 aliphatic carbocycles. The first-order chi connectivity index (χ1) is 11.2. The summed E-state index contributed by atoms with van der Waals surface area (Å²) in [6, 6.07) is 7.62. The molecule has 114 valence electrons. The molecule has 0 unspecified atom stereocenters. The lowest BCUT2D eigenvalue weighted by Gasteiger charge is -1.98. The zero-order valence-corrected chi connectivity index (χ0v) is 13.7. The molecule has 4 heterocycles. The van der Waals surface area contributed by atoms with Crippen LogP contribution in [-0.2, 0) is 0 Å². The third kappa shape index (κ3) is 2.54. The fraction of sp³-hybridized carbons (Fsp3) is 0.0625. The Bertz CT molecular complexity index is 1050. The molecule has 7 heteroatoms. The Labute approximate surface area is 139 Å². The van der Waals surface area contributed by atoms with Gasteiger partial charge in [0.05, 0.1) is 17.9 Å². The number of aryl methyl sites for hydroxylation is 1. The summed E-state index contributed by atoms with van der Waals surface area (Å²) in [6.07, 6.45) is 4.71. The maximum Gasteiger partial charge on any atom is 0.283 e. The van der Waals surface area contributed by atoms with Crippen LogP contribution in [-0.4, -0.2) is 15.9 Å². The van der Waals surface area contributed by atoms with E-state index in [0.29, 0.717) is 16.0 Å². The van der Waals surface area contributed by atoms with Gasteiger partial charge in [0.2, 0.25) is 0 Å². The van der Waals surface area contributed by atoms with Gasteiger partial charge >= 0.3 is 0 Å². The molecule has 0 amide bonds. The van der Waals surface area contributed by atoms with Crippen molar-refractivity contribution in [3.63, 3.8) is 0 Å². The van der Waals surface area contributed by atoms with Crippen molar-refractivity contribution in [3.05, 3.63) is 62.3 Å². The van der Waals surface area contributed by atoms with Crippen molar-refractivity contribution >= 4 is 39.1 Å². The molecule has 0 spiro atoms. The van der Waals surface area contributed by atoms with Crippen molar-refractivity contribution < 1.29 is 4.42 Å². The number of fused-ring (bicyclic) bond motifs is 1. The third-order valence-electron chi connectivity index (χ3n) is 3.34. The Morgan fingerprint density at radius 1 is 1.35 bits per heavy atom. The predicted molar refractivity (Wildman–Crippen MR) is 93.6 cm³/mol. The summed E-state index contributed by atoms with van der Waals surface area (Å²) < 4.78 is 6.67. The molecular weight excluding hydrogens is 330 g/mol. The Hall–Kier alpha value is -2.51. The average molecular weight is 341 g/mol. The maximum atomic E-state index is 12.7. The molecule has 0 bridgehead atoms. The summed E-state index contributed by atoms with van der Waals surface area (Å²) >= 11 is 3.04. The van der Waals surface area contributed by atoms with Gasteiger partial charge in [-0.15, -0.1) is 22.7 Å². The van der Waals surface area contributed by atoms with Crippen LogP contribution in [0.25, 0.3) is 21.5 Å². The second-order valence-electron chi connectivity index (χ2n) is 4.89. The minimum atomic E-state index is -0.202. The lowest BCUT2D eigenvalue weighted by atomic mass is 10.2. The zero-order chi connectivity index (χ0) is 15.8. The molecule has 0 saturated carbocycles. The topological polar surface area (TPSA) is 60.4 Å². The van der Waals surface area contributed by atoms with E-state index < -0.39 is 0 Å². The number of hydrogen-bond acceptors (Lipinski definition) is 6. The molecular formula is C16H11N3O2S2. The summed E-state index contributed by atoms with van der Waals surface area (Å²) in [5, 5.41) is 6.66. The second kappa shape index (κ2) is 5.60. The van der Waals surface area contributed by atoms with Crippen LogP contribution in [0.1, 0.15) is 9.75 Å². The number of rotatable bonds is 3. The van der Waals surface area contributed by atoms with Crippen LogP contribution in [0.2, 0.25) is 0 Å². The van der Waals surface area contributed by atoms with E-state index in [2.05, 4.69) is 10.1 Å². The van der Waals surface area contributed by atoms with Crippen LogP contribution < -0.4 is 5.56 Å². The molecule has 4 aromatic heterocycles. The van der Waals surface area contributed by atoms with Gasteiger partial charge in [-0.1, -0.05) is 0 Å². The van der Waals surface area contributed by atoms with E-state index in [1.54, 1.807) is 29.9 Å². The molecule has 4 aromatic rings. The van der Waals surface area contributed by atoms with E-state index in [1.165, 1.54) is 27.2 Å². The van der Waals surface area contributed by atoms with Gasteiger partial charge in [-0.05, 0) is 31.2 Å². The molecule has 0 saturated heterocycles.